The summed E-state index contributed by atoms with van der Waals surface area (Å²) in [4.78, 5) is 22.0. The summed E-state index contributed by atoms with van der Waals surface area (Å²) in [5, 5.41) is 21.7. The van der Waals surface area contributed by atoms with E-state index in [1.54, 1.807) is 12.1 Å². The van der Waals surface area contributed by atoms with E-state index in [0.29, 0.717) is 25.9 Å². The van der Waals surface area contributed by atoms with Crippen molar-refractivity contribution < 1.29 is 37.5 Å². The van der Waals surface area contributed by atoms with E-state index in [1.165, 1.54) is 31.4 Å². The van der Waals surface area contributed by atoms with E-state index in [1.807, 2.05) is 0 Å². The fourth-order valence-electron chi connectivity index (χ4n) is 3.45. The van der Waals surface area contributed by atoms with E-state index in [0.717, 1.165) is 29.4 Å². The molecule has 4 rings (SSSR count). The molecule has 2 aromatic carbocycles. The minimum Gasteiger partial charge on any atom is -0.480 e. The van der Waals surface area contributed by atoms with Crippen molar-refractivity contribution >= 4 is 42.5 Å². The van der Waals surface area contributed by atoms with Crippen LogP contribution in [-0.4, -0.2) is 52.7 Å². The number of methoxy groups -OCH3 is 1. The van der Waals surface area contributed by atoms with E-state index >= 15 is 0 Å². The maximum Gasteiger partial charge on any atom is 0.323 e. The number of fused-ring (bicyclic) bond motifs is 2. The van der Waals surface area contributed by atoms with Gasteiger partial charge in [-0.15, -0.1) is 0 Å². The molecule has 4 N–H and O–H groups in total. The first-order valence-corrected chi connectivity index (χ1v) is 12.9. The highest BCUT2D eigenvalue weighted by Gasteiger charge is 2.25. The molecule has 0 radical (unpaired) electrons. The summed E-state index contributed by atoms with van der Waals surface area (Å²) in [6, 6.07) is 8.19. The van der Waals surface area contributed by atoms with Gasteiger partial charge in [-0.05, 0) is 59.4 Å². The number of carboxylic acids is 1. The number of aliphatic hydroxyl groups excluding tert-OH is 1. The van der Waals surface area contributed by atoms with Crippen LogP contribution in [0.4, 0.5) is 8.78 Å². The number of hydrogen-bond donors (Lipinski definition) is 4. The van der Waals surface area contributed by atoms with Gasteiger partial charge in [-0.2, -0.15) is 0 Å². The number of aliphatic carboxylic acids is 1. The number of benzene rings is 2. The van der Waals surface area contributed by atoms with Crippen molar-refractivity contribution in [1.82, 2.24) is 10.6 Å². The van der Waals surface area contributed by atoms with Gasteiger partial charge in [0.05, 0.1) is 7.11 Å². The van der Waals surface area contributed by atoms with Gasteiger partial charge in [0.2, 0.25) is 9.23 Å². The molecule has 0 spiro atoms. The molecule has 0 aliphatic carbocycles. The van der Waals surface area contributed by atoms with E-state index in [4.69, 9.17) is 14.4 Å². The third-order valence-corrected chi connectivity index (χ3v) is 5.05. The summed E-state index contributed by atoms with van der Waals surface area (Å²) in [5.41, 5.74) is 3.68. The van der Waals surface area contributed by atoms with Gasteiger partial charge in [-0.1, -0.05) is 12.1 Å². The quantitative estimate of drug-likeness (QED) is 0.330. The first kappa shape index (κ1) is 30.9. The molecule has 0 fully saturated rings. The highest BCUT2D eigenvalue weighted by atomic mass is 36.0. The molecule has 8 nitrogen and oxygen atoms in total. The molecule has 2 aliphatic rings. The molecule has 2 aliphatic heterocycles. The van der Waals surface area contributed by atoms with Gasteiger partial charge in [0, 0.05) is 41.6 Å². The molecule has 2 atom stereocenters. The third kappa shape index (κ3) is 10.6. The van der Waals surface area contributed by atoms with E-state index in [-0.39, 0.29) is 23.6 Å². The molecule has 194 valence electrons. The van der Waals surface area contributed by atoms with Crippen molar-refractivity contribution in [3.8, 4) is 0 Å². The number of rotatable bonds is 2. The average Bonchev–Trinajstić information content (AvgIpc) is 2.83. The van der Waals surface area contributed by atoms with Gasteiger partial charge < -0.3 is 25.6 Å². The van der Waals surface area contributed by atoms with Crippen LogP contribution < -0.4 is 10.6 Å². The van der Waals surface area contributed by atoms with E-state index < -0.39 is 21.2 Å². The Balaban J connectivity index is 0.000000287. The maximum atomic E-state index is 13.0. The maximum absolute atomic E-state index is 13.0. The molecule has 0 saturated heterocycles. The van der Waals surface area contributed by atoms with Crippen LogP contribution >= 0.6 is 21.4 Å². The summed E-state index contributed by atoms with van der Waals surface area (Å²) in [5.74, 6) is -1.76. The summed E-state index contributed by atoms with van der Waals surface area (Å²) >= 11 is 0. The Morgan fingerprint density at radius 1 is 0.914 bits per heavy atom. The number of carbonyl (C=O) groups excluding carboxylic acids is 1. The fourth-order valence-corrected chi connectivity index (χ4v) is 3.45. The van der Waals surface area contributed by atoms with E-state index in [2.05, 4.69) is 36.7 Å². The molecule has 0 aromatic heterocycles. The number of halogens is 4. The second-order valence-electron chi connectivity index (χ2n) is 7.15. The molecule has 2 unspecified atom stereocenters. The van der Waals surface area contributed by atoms with Crippen LogP contribution in [-0.2, 0) is 49.5 Å². The Labute approximate surface area is 213 Å². The van der Waals surface area contributed by atoms with Crippen LogP contribution in [0.5, 0.6) is 0 Å². The van der Waals surface area contributed by atoms with Gasteiger partial charge in [-0.3, -0.25) is 9.59 Å². The fraction of sp³-hybridized carbons (Fsp3) is 0.364. The van der Waals surface area contributed by atoms with Gasteiger partial charge in [0.1, 0.15) is 23.7 Å². The van der Waals surface area contributed by atoms with Crippen LogP contribution in [0.25, 0.3) is 0 Å². The van der Waals surface area contributed by atoms with Crippen molar-refractivity contribution in [3.05, 3.63) is 70.3 Å². The Kier molecular flexibility index (Phi) is 13.9. The number of aliphatic hydroxyl groups is 1. The van der Waals surface area contributed by atoms with Crippen LogP contribution in [0, 0.1) is 11.6 Å². The number of hydrogen-bond acceptors (Lipinski definition) is 7. The number of esters is 1. The van der Waals surface area contributed by atoms with Crippen LogP contribution in [0.1, 0.15) is 22.3 Å². The van der Waals surface area contributed by atoms with Gasteiger partial charge in [-0.25, -0.2) is 13.0 Å². The lowest BCUT2D eigenvalue weighted by Crippen LogP contribution is -2.42. The lowest BCUT2D eigenvalue weighted by molar-refractivity contribution is -0.143. The Bertz CT molecular complexity index is 1030. The largest absolute Gasteiger partial charge is 0.480 e. The van der Waals surface area contributed by atoms with Crippen LogP contribution in [0.15, 0.2) is 36.4 Å². The summed E-state index contributed by atoms with van der Waals surface area (Å²) in [6.07, 6.45) is 0.836. The van der Waals surface area contributed by atoms with Crippen molar-refractivity contribution in [2.75, 3.05) is 14.2 Å². The highest BCUT2D eigenvalue weighted by molar-refractivity contribution is 8.26. The first-order valence-electron chi connectivity index (χ1n) is 10.1. The highest BCUT2D eigenvalue weighted by Crippen LogP contribution is 2.19. The van der Waals surface area contributed by atoms with Gasteiger partial charge in [0.15, 0.2) is 0 Å². The summed E-state index contributed by atoms with van der Waals surface area (Å²) < 4.78 is 39.5. The standard InChI is InChI=1S/C11H12FNO2.C10H10FNO2.CH4O.Cl2OS/c1-15-11(14)10-5-8-4-9(12)3-2-7(8)6-13-10;11-8-2-1-6-5-12-9(10(13)14)4-7(6)3-8;1-2;1-4(2)3/h2-4,10,13H,5-6H2,1H3;1-3,9,12H,4-5H2,(H,13,14);2H,1H3;. The second-order valence-corrected chi connectivity index (χ2v) is 9.67. The predicted molar refractivity (Wildman–Crippen MR) is 129 cm³/mol. The summed E-state index contributed by atoms with van der Waals surface area (Å²) in [7, 11) is 9.71. The lowest BCUT2D eigenvalue weighted by Gasteiger charge is -2.24. The number of ether oxygens (including phenoxy) is 1. The Hall–Kier alpha value is -2.15. The SMILES string of the molecule is CO.COC(=O)C1Cc2cc(F)ccc2CN1.O=C(O)C1Cc2cc(F)ccc2CN1.O=S(Cl)Cl. The normalized spacial score (nSPS) is 17.6. The molecule has 2 heterocycles. The molecule has 13 heteroatoms. The molecular weight excluding hydrogens is 529 g/mol. The third-order valence-electron chi connectivity index (χ3n) is 5.05. The Morgan fingerprint density at radius 3 is 1.71 bits per heavy atom. The zero-order valence-corrected chi connectivity index (χ0v) is 21.2. The van der Waals surface area contributed by atoms with Crippen molar-refractivity contribution in [1.29, 1.82) is 0 Å². The zero-order chi connectivity index (χ0) is 26.5. The molecule has 2 aromatic rings. The number of carbonyl (C=O) groups is 2. The molecular formula is C22H26Cl2F2N2O6S. The number of nitrogens with one attached hydrogen (secondary N) is 2. The Morgan fingerprint density at radius 2 is 1.31 bits per heavy atom. The monoisotopic (exact) mass is 554 g/mol. The lowest BCUT2D eigenvalue weighted by atomic mass is 9.96. The topological polar surface area (TPSA) is 125 Å². The van der Waals surface area contributed by atoms with Crippen molar-refractivity contribution in [3.63, 3.8) is 0 Å². The predicted octanol–water partition coefficient (Wildman–Crippen LogP) is 2.59. The number of carboxylic acid groups (broad SMARTS) is 1. The van der Waals surface area contributed by atoms with Gasteiger partial charge >= 0.3 is 11.9 Å². The smallest absolute Gasteiger partial charge is 0.323 e. The zero-order valence-electron chi connectivity index (χ0n) is 18.9. The molecule has 35 heavy (non-hydrogen) atoms. The van der Waals surface area contributed by atoms with Crippen LogP contribution in [0.3, 0.4) is 0 Å². The summed E-state index contributed by atoms with van der Waals surface area (Å²) in [6.45, 7) is 1.07. The van der Waals surface area contributed by atoms with E-state index in [9.17, 15) is 18.4 Å². The molecule has 0 saturated carbocycles. The van der Waals surface area contributed by atoms with Crippen molar-refractivity contribution in [2.24, 2.45) is 0 Å². The first-order chi connectivity index (χ1) is 16.6. The molecule has 0 amide bonds. The molecule has 0 bridgehead atoms. The van der Waals surface area contributed by atoms with Gasteiger partial charge in [0.25, 0.3) is 0 Å². The minimum atomic E-state index is -1.67. The van der Waals surface area contributed by atoms with Crippen molar-refractivity contribution in [2.45, 2.75) is 38.0 Å². The average molecular weight is 555 g/mol. The van der Waals surface area contributed by atoms with Crippen LogP contribution in [0.2, 0.25) is 0 Å². The minimum absolute atomic E-state index is 0.265. The second kappa shape index (κ2) is 15.8.